The van der Waals surface area contributed by atoms with E-state index in [2.05, 4.69) is 31.2 Å². The highest BCUT2D eigenvalue weighted by molar-refractivity contribution is 9.10. The molecule has 0 bridgehead atoms. The average Bonchev–Trinajstić information content (AvgIpc) is 2.47. The predicted octanol–water partition coefficient (Wildman–Crippen LogP) is 3.32. The first-order chi connectivity index (χ1) is 9.78. The number of nitrogens with zero attached hydrogens (tertiary/aromatic N) is 2. The molecular formula is C15H19BrN4. The molecule has 3 rings (SSSR count). The minimum Gasteiger partial charge on any atom is -0.380 e. The van der Waals surface area contributed by atoms with Crippen molar-refractivity contribution >= 4 is 32.7 Å². The number of nitrogens with two attached hydrogens (primary N) is 1. The smallest absolute Gasteiger partial charge is 0.112 e. The predicted molar refractivity (Wildman–Crippen MR) is 85.7 cm³/mol. The molecule has 20 heavy (non-hydrogen) atoms. The Kier molecular flexibility index (Phi) is 4.17. The Morgan fingerprint density at radius 2 is 2.15 bits per heavy atom. The van der Waals surface area contributed by atoms with Crippen molar-refractivity contribution in [3.8, 4) is 0 Å². The van der Waals surface area contributed by atoms with Crippen LogP contribution in [0.2, 0.25) is 0 Å². The summed E-state index contributed by atoms with van der Waals surface area (Å²) < 4.78 is 0.951. The fourth-order valence-corrected chi connectivity index (χ4v) is 3.32. The highest BCUT2D eigenvalue weighted by Crippen LogP contribution is 2.29. The third-order valence-corrected chi connectivity index (χ3v) is 4.53. The summed E-state index contributed by atoms with van der Waals surface area (Å²) >= 11 is 3.44. The van der Waals surface area contributed by atoms with Crippen LogP contribution in [0.15, 0.2) is 29.0 Å². The first kappa shape index (κ1) is 13.8. The number of pyridine rings is 2. The van der Waals surface area contributed by atoms with Gasteiger partial charge in [-0.25, -0.2) is 0 Å². The molecule has 0 aromatic carbocycles. The van der Waals surface area contributed by atoms with Crippen molar-refractivity contribution in [1.82, 2.24) is 9.97 Å². The van der Waals surface area contributed by atoms with Gasteiger partial charge in [0.05, 0.1) is 11.2 Å². The van der Waals surface area contributed by atoms with Crippen LogP contribution in [0.25, 0.3) is 11.0 Å². The van der Waals surface area contributed by atoms with Crippen LogP contribution in [-0.2, 0) is 0 Å². The van der Waals surface area contributed by atoms with E-state index in [9.17, 15) is 0 Å². The van der Waals surface area contributed by atoms with Crippen molar-refractivity contribution in [2.45, 2.75) is 31.7 Å². The monoisotopic (exact) mass is 334 g/mol. The number of fused-ring (bicyclic) bond motifs is 1. The molecule has 5 heteroatoms. The lowest BCUT2D eigenvalue weighted by molar-refractivity contribution is 0.333. The largest absolute Gasteiger partial charge is 0.380 e. The SMILES string of the molecule is NCC1CCCCC1Nc1ccnc2cc(Br)cnc12. The molecule has 1 fully saturated rings. The molecule has 106 valence electrons. The van der Waals surface area contributed by atoms with Gasteiger partial charge in [0, 0.05) is 22.9 Å². The van der Waals surface area contributed by atoms with Gasteiger partial charge in [0.25, 0.3) is 0 Å². The molecule has 2 unspecified atom stereocenters. The third kappa shape index (κ3) is 2.79. The van der Waals surface area contributed by atoms with Gasteiger partial charge >= 0.3 is 0 Å². The molecule has 2 heterocycles. The topological polar surface area (TPSA) is 63.8 Å². The molecule has 1 saturated carbocycles. The number of rotatable bonds is 3. The van der Waals surface area contributed by atoms with E-state index < -0.39 is 0 Å². The van der Waals surface area contributed by atoms with Gasteiger partial charge < -0.3 is 11.1 Å². The van der Waals surface area contributed by atoms with E-state index in [1.165, 1.54) is 25.7 Å². The van der Waals surface area contributed by atoms with E-state index >= 15 is 0 Å². The van der Waals surface area contributed by atoms with E-state index in [4.69, 9.17) is 5.73 Å². The van der Waals surface area contributed by atoms with Gasteiger partial charge in [-0.2, -0.15) is 0 Å². The molecular weight excluding hydrogens is 316 g/mol. The Morgan fingerprint density at radius 3 is 3.00 bits per heavy atom. The van der Waals surface area contributed by atoms with Crippen LogP contribution in [0.4, 0.5) is 5.69 Å². The van der Waals surface area contributed by atoms with Crippen LogP contribution in [0, 0.1) is 5.92 Å². The maximum absolute atomic E-state index is 5.91. The van der Waals surface area contributed by atoms with Gasteiger partial charge in [-0.1, -0.05) is 12.8 Å². The van der Waals surface area contributed by atoms with Gasteiger partial charge in [-0.15, -0.1) is 0 Å². The van der Waals surface area contributed by atoms with Gasteiger partial charge in [0.1, 0.15) is 5.52 Å². The molecule has 0 spiro atoms. The summed E-state index contributed by atoms with van der Waals surface area (Å²) in [5, 5.41) is 3.65. The van der Waals surface area contributed by atoms with Gasteiger partial charge in [0.15, 0.2) is 0 Å². The Morgan fingerprint density at radius 1 is 1.30 bits per heavy atom. The van der Waals surface area contributed by atoms with Crippen LogP contribution in [0.5, 0.6) is 0 Å². The van der Waals surface area contributed by atoms with Crippen LogP contribution >= 0.6 is 15.9 Å². The third-order valence-electron chi connectivity index (χ3n) is 4.10. The van der Waals surface area contributed by atoms with Crippen molar-refractivity contribution in [3.63, 3.8) is 0 Å². The number of anilines is 1. The van der Waals surface area contributed by atoms with E-state index in [-0.39, 0.29) is 0 Å². The van der Waals surface area contributed by atoms with E-state index in [1.54, 1.807) is 0 Å². The highest BCUT2D eigenvalue weighted by atomic mass is 79.9. The lowest BCUT2D eigenvalue weighted by Crippen LogP contribution is -2.36. The Balaban J connectivity index is 1.90. The van der Waals surface area contributed by atoms with Crippen LogP contribution < -0.4 is 11.1 Å². The van der Waals surface area contributed by atoms with Crippen molar-refractivity contribution in [1.29, 1.82) is 0 Å². The highest BCUT2D eigenvalue weighted by Gasteiger charge is 2.24. The zero-order valence-electron chi connectivity index (χ0n) is 11.3. The number of aromatic nitrogens is 2. The molecule has 0 saturated heterocycles. The Hall–Kier alpha value is -1.20. The zero-order valence-corrected chi connectivity index (χ0v) is 12.9. The molecule has 0 radical (unpaired) electrons. The molecule has 0 amide bonds. The number of halogens is 1. The van der Waals surface area contributed by atoms with Gasteiger partial charge in [-0.3, -0.25) is 9.97 Å². The average molecular weight is 335 g/mol. The van der Waals surface area contributed by atoms with Gasteiger partial charge in [0.2, 0.25) is 0 Å². The van der Waals surface area contributed by atoms with Crippen molar-refractivity contribution < 1.29 is 0 Å². The summed E-state index contributed by atoms with van der Waals surface area (Å²) in [6.45, 7) is 0.750. The molecule has 2 atom stereocenters. The fraction of sp³-hybridized carbons (Fsp3) is 0.467. The van der Waals surface area contributed by atoms with Crippen LogP contribution in [0.1, 0.15) is 25.7 Å². The summed E-state index contributed by atoms with van der Waals surface area (Å²) in [7, 11) is 0. The molecule has 3 N–H and O–H groups in total. The maximum Gasteiger partial charge on any atom is 0.112 e. The number of hydrogen-bond donors (Lipinski definition) is 2. The Labute approximate surface area is 127 Å². The Bertz CT molecular complexity index is 601. The van der Waals surface area contributed by atoms with E-state index in [0.29, 0.717) is 12.0 Å². The molecule has 1 aliphatic rings. The van der Waals surface area contributed by atoms with Crippen LogP contribution in [0.3, 0.4) is 0 Å². The minimum absolute atomic E-state index is 0.449. The second-order valence-electron chi connectivity index (χ2n) is 5.41. The molecule has 1 aliphatic carbocycles. The lowest BCUT2D eigenvalue weighted by atomic mass is 9.84. The summed E-state index contributed by atoms with van der Waals surface area (Å²) in [5.74, 6) is 0.558. The first-order valence-electron chi connectivity index (χ1n) is 7.15. The maximum atomic E-state index is 5.91. The van der Waals surface area contributed by atoms with E-state index in [0.717, 1.165) is 27.7 Å². The lowest BCUT2D eigenvalue weighted by Gasteiger charge is -2.32. The summed E-state index contributed by atoms with van der Waals surface area (Å²) in [5.41, 5.74) is 8.80. The standard InChI is InChI=1S/C15H19BrN4/c16-11-7-14-15(19-9-11)13(5-6-18-14)20-12-4-2-1-3-10(12)8-17/h5-7,9-10,12H,1-4,8,17H2,(H,18,20). The molecule has 2 aromatic rings. The van der Waals surface area contributed by atoms with Crippen molar-refractivity contribution in [2.24, 2.45) is 11.7 Å². The molecule has 2 aromatic heterocycles. The summed E-state index contributed by atoms with van der Waals surface area (Å²) in [6, 6.07) is 4.45. The quantitative estimate of drug-likeness (QED) is 0.903. The summed E-state index contributed by atoms with van der Waals surface area (Å²) in [6.07, 6.45) is 8.62. The van der Waals surface area contributed by atoms with Crippen molar-refractivity contribution in [2.75, 3.05) is 11.9 Å². The molecule has 4 nitrogen and oxygen atoms in total. The first-order valence-corrected chi connectivity index (χ1v) is 7.94. The van der Waals surface area contributed by atoms with Gasteiger partial charge in [-0.05, 0) is 53.4 Å². The summed E-state index contributed by atoms with van der Waals surface area (Å²) in [4.78, 5) is 8.87. The van der Waals surface area contributed by atoms with Crippen molar-refractivity contribution in [3.05, 3.63) is 29.0 Å². The normalized spacial score (nSPS) is 22.9. The minimum atomic E-state index is 0.449. The molecule has 0 aliphatic heterocycles. The van der Waals surface area contributed by atoms with E-state index in [1.807, 2.05) is 24.5 Å². The number of hydrogen-bond acceptors (Lipinski definition) is 4. The fourth-order valence-electron chi connectivity index (χ4n) is 3.00. The second-order valence-corrected chi connectivity index (χ2v) is 6.33. The zero-order chi connectivity index (χ0) is 13.9. The second kappa shape index (κ2) is 6.06. The number of nitrogens with one attached hydrogen (secondary N) is 1. The van der Waals surface area contributed by atoms with Crippen LogP contribution in [-0.4, -0.2) is 22.6 Å².